The Bertz CT molecular complexity index is 869. The average molecular weight is 359 g/mol. The summed E-state index contributed by atoms with van der Waals surface area (Å²) in [4.78, 5) is 15.6. The molecule has 0 saturated carbocycles. The maximum Gasteiger partial charge on any atom is 0.196 e. The third-order valence-corrected chi connectivity index (χ3v) is 4.18. The number of carbonyl (C=O) groups is 1. The molecule has 6 heteroatoms. The first kappa shape index (κ1) is 14.7. The first-order chi connectivity index (χ1) is 9.97. The van der Waals surface area contributed by atoms with Crippen molar-refractivity contribution in [1.82, 2.24) is 4.98 Å². The zero-order valence-corrected chi connectivity index (χ0v) is 13.4. The van der Waals surface area contributed by atoms with Gasteiger partial charge in [-0.3, -0.25) is 4.79 Å². The summed E-state index contributed by atoms with van der Waals surface area (Å²) in [5.74, 6) is -0.230. The number of hydrogen-bond acceptors (Lipinski definition) is 1. The van der Waals surface area contributed by atoms with Crippen molar-refractivity contribution in [2.24, 2.45) is 0 Å². The van der Waals surface area contributed by atoms with Crippen molar-refractivity contribution in [3.63, 3.8) is 0 Å². The monoisotopic (exact) mass is 357 g/mol. The number of benzene rings is 2. The predicted molar refractivity (Wildman–Crippen MR) is 88.2 cm³/mol. The number of carbonyl (C=O) groups excluding carboxylic acids is 1. The smallest absolute Gasteiger partial charge is 0.196 e. The minimum Gasteiger partial charge on any atom is -0.360 e. The molecule has 0 atom stereocenters. The zero-order valence-electron chi connectivity index (χ0n) is 10.4. The molecule has 106 valence electrons. The Labute approximate surface area is 140 Å². The molecule has 2 nitrogen and oxygen atoms in total. The SMILES string of the molecule is O=C(c1ccc(Cl)cc1Cl)c1c[nH]c2cc(Cl)cc(Cl)c12. The van der Waals surface area contributed by atoms with E-state index in [9.17, 15) is 4.79 Å². The van der Waals surface area contributed by atoms with E-state index in [0.717, 1.165) is 0 Å². The summed E-state index contributed by atoms with van der Waals surface area (Å²) in [6.07, 6.45) is 1.60. The lowest BCUT2D eigenvalue weighted by Crippen LogP contribution is -2.01. The Morgan fingerprint density at radius 1 is 0.857 bits per heavy atom. The summed E-state index contributed by atoms with van der Waals surface area (Å²) in [7, 11) is 0. The molecule has 0 spiro atoms. The van der Waals surface area contributed by atoms with E-state index in [1.165, 1.54) is 6.07 Å². The summed E-state index contributed by atoms with van der Waals surface area (Å²) in [6.45, 7) is 0. The van der Waals surface area contributed by atoms with Gasteiger partial charge in [0.1, 0.15) is 0 Å². The summed E-state index contributed by atoms with van der Waals surface area (Å²) in [5, 5.41) is 2.30. The summed E-state index contributed by atoms with van der Waals surface area (Å²) < 4.78 is 0. The first-order valence-corrected chi connectivity index (χ1v) is 7.44. The van der Waals surface area contributed by atoms with E-state index in [-0.39, 0.29) is 5.78 Å². The molecule has 1 aromatic heterocycles. The highest BCUT2D eigenvalue weighted by molar-refractivity contribution is 6.41. The van der Waals surface area contributed by atoms with E-state index in [1.54, 1.807) is 30.5 Å². The molecule has 0 radical (unpaired) electrons. The molecule has 0 bridgehead atoms. The van der Waals surface area contributed by atoms with Crippen LogP contribution in [0.15, 0.2) is 36.5 Å². The van der Waals surface area contributed by atoms with Gasteiger partial charge in [0.15, 0.2) is 5.78 Å². The minimum atomic E-state index is -0.230. The standard InChI is InChI=1S/C15H7Cl4NO/c16-7-1-2-9(11(18)3-7)15(21)10-6-20-13-5-8(17)4-12(19)14(10)13/h1-6,20H. The van der Waals surface area contributed by atoms with Crippen LogP contribution in [0.25, 0.3) is 10.9 Å². The Hall–Kier alpha value is -1.19. The summed E-state index contributed by atoms with van der Waals surface area (Å²) in [6, 6.07) is 8.05. The lowest BCUT2D eigenvalue weighted by Gasteiger charge is -2.04. The van der Waals surface area contributed by atoms with Gasteiger partial charge in [-0.25, -0.2) is 0 Å². The number of hydrogen-bond donors (Lipinski definition) is 1. The van der Waals surface area contributed by atoms with Gasteiger partial charge in [-0.15, -0.1) is 0 Å². The Morgan fingerprint density at radius 2 is 1.57 bits per heavy atom. The number of fused-ring (bicyclic) bond motifs is 1. The number of rotatable bonds is 2. The van der Waals surface area contributed by atoms with Crippen LogP contribution in [0.5, 0.6) is 0 Å². The molecular weight excluding hydrogens is 352 g/mol. The van der Waals surface area contributed by atoms with Gasteiger partial charge in [-0.05, 0) is 30.3 Å². The highest BCUT2D eigenvalue weighted by Crippen LogP contribution is 2.32. The molecule has 1 N–H and O–H groups in total. The second kappa shape index (κ2) is 5.54. The fourth-order valence-electron chi connectivity index (χ4n) is 2.18. The molecule has 3 aromatic rings. The van der Waals surface area contributed by atoms with Gasteiger partial charge in [-0.1, -0.05) is 46.4 Å². The molecule has 0 saturated heterocycles. The van der Waals surface area contributed by atoms with Crippen molar-refractivity contribution in [2.75, 3.05) is 0 Å². The molecule has 0 fully saturated rings. The summed E-state index contributed by atoms with van der Waals surface area (Å²) >= 11 is 24.1. The van der Waals surface area contributed by atoms with Crippen LogP contribution in [-0.2, 0) is 0 Å². The summed E-state index contributed by atoms with van der Waals surface area (Å²) in [5.41, 5.74) is 1.50. The second-order valence-electron chi connectivity index (χ2n) is 4.47. The molecule has 0 aliphatic rings. The van der Waals surface area contributed by atoms with Crippen LogP contribution in [0.3, 0.4) is 0 Å². The van der Waals surface area contributed by atoms with Crippen molar-refractivity contribution in [1.29, 1.82) is 0 Å². The van der Waals surface area contributed by atoms with Gasteiger partial charge in [0.25, 0.3) is 0 Å². The van der Waals surface area contributed by atoms with Crippen molar-refractivity contribution >= 4 is 63.1 Å². The predicted octanol–water partition coefficient (Wildman–Crippen LogP) is 6.01. The van der Waals surface area contributed by atoms with E-state index in [1.807, 2.05) is 0 Å². The molecule has 1 heterocycles. The van der Waals surface area contributed by atoms with Crippen molar-refractivity contribution in [3.8, 4) is 0 Å². The van der Waals surface area contributed by atoms with Gasteiger partial charge < -0.3 is 4.98 Å². The Balaban J connectivity index is 2.18. The van der Waals surface area contributed by atoms with Crippen molar-refractivity contribution < 1.29 is 4.79 Å². The minimum absolute atomic E-state index is 0.230. The fraction of sp³-hybridized carbons (Fsp3) is 0. The van der Waals surface area contributed by atoms with E-state index in [0.29, 0.717) is 42.1 Å². The van der Waals surface area contributed by atoms with E-state index in [4.69, 9.17) is 46.4 Å². The number of nitrogens with one attached hydrogen (secondary N) is 1. The van der Waals surface area contributed by atoms with Crippen LogP contribution < -0.4 is 0 Å². The zero-order chi connectivity index (χ0) is 15.1. The van der Waals surface area contributed by atoms with Crippen LogP contribution in [0, 0.1) is 0 Å². The number of ketones is 1. The number of aromatic nitrogens is 1. The maximum absolute atomic E-state index is 12.7. The van der Waals surface area contributed by atoms with Crippen molar-refractivity contribution in [3.05, 3.63) is 67.7 Å². The third-order valence-electron chi connectivity index (χ3n) is 3.12. The van der Waals surface area contributed by atoms with E-state index < -0.39 is 0 Å². The molecular formula is C15H7Cl4NO. The van der Waals surface area contributed by atoms with Crippen LogP contribution in [0.2, 0.25) is 20.1 Å². The Kier molecular flexibility index (Phi) is 3.89. The van der Waals surface area contributed by atoms with Gasteiger partial charge in [0.05, 0.1) is 10.0 Å². The first-order valence-electron chi connectivity index (χ1n) is 5.93. The quantitative estimate of drug-likeness (QED) is 0.559. The van der Waals surface area contributed by atoms with Gasteiger partial charge in [0, 0.05) is 38.3 Å². The van der Waals surface area contributed by atoms with Crippen LogP contribution >= 0.6 is 46.4 Å². The highest BCUT2D eigenvalue weighted by Gasteiger charge is 2.19. The second-order valence-corrected chi connectivity index (χ2v) is 6.15. The van der Waals surface area contributed by atoms with Gasteiger partial charge in [-0.2, -0.15) is 0 Å². The maximum atomic E-state index is 12.7. The molecule has 3 rings (SSSR count). The third kappa shape index (κ3) is 2.65. The lowest BCUT2D eigenvalue weighted by molar-refractivity contribution is 0.104. The van der Waals surface area contributed by atoms with Crippen LogP contribution in [-0.4, -0.2) is 10.8 Å². The molecule has 0 aliphatic heterocycles. The lowest BCUT2D eigenvalue weighted by atomic mass is 10.0. The number of aromatic amines is 1. The molecule has 0 amide bonds. The molecule has 0 aliphatic carbocycles. The van der Waals surface area contributed by atoms with Crippen LogP contribution in [0.4, 0.5) is 0 Å². The number of H-pyrrole nitrogens is 1. The number of halogens is 4. The topological polar surface area (TPSA) is 32.9 Å². The highest BCUT2D eigenvalue weighted by atomic mass is 35.5. The average Bonchev–Trinajstić information content (AvgIpc) is 2.81. The molecule has 21 heavy (non-hydrogen) atoms. The van der Waals surface area contributed by atoms with Gasteiger partial charge >= 0.3 is 0 Å². The van der Waals surface area contributed by atoms with Crippen molar-refractivity contribution in [2.45, 2.75) is 0 Å². The van der Waals surface area contributed by atoms with E-state index >= 15 is 0 Å². The Morgan fingerprint density at radius 3 is 2.29 bits per heavy atom. The largest absolute Gasteiger partial charge is 0.360 e. The molecule has 2 aromatic carbocycles. The molecule has 0 unspecified atom stereocenters. The van der Waals surface area contributed by atoms with E-state index in [2.05, 4.69) is 4.98 Å². The van der Waals surface area contributed by atoms with Crippen LogP contribution in [0.1, 0.15) is 15.9 Å². The normalized spacial score (nSPS) is 11.0. The fourth-order valence-corrected chi connectivity index (χ4v) is 3.27. The van der Waals surface area contributed by atoms with Gasteiger partial charge in [0.2, 0.25) is 0 Å².